The molecule has 0 saturated carbocycles. The Morgan fingerprint density at radius 2 is 1.62 bits per heavy atom. The number of alkyl halides is 3. The van der Waals surface area contributed by atoms with Crippen molar-refractivity contribution in [2.75, 3.05) is 5.32 Å². The molecule has 0 aliphatic rings. The van der Waals surface area contributed by atoms with Gasteiger partial charge in [-0.15, -0.1) is 0 Å². The van der Waals surface area contributed by atoms with E-state index in [4.69, 9.17) is 11.6 Å². The minimum Gasteiger partial charge on any atom is -0.340 e. The van der Waals surface area contributed by atoms with Gasteiger partial charge in [-0.2, -0.15) is 13.2 Å². The third-order valence-electron chi connectivity index (χ3n) is 3.08. The summed E-state index contributed by atoms with van der Waals surface area (Å²) in [6.07, 6.45) is -3.20. The SMILES string of the molecule is FC(F)(F)c1c(Cl)nc(-c2ccccn2)nc1Nc1ccccc1. The van der Waals surface area contributed by atoms with Crippen molar-refractivity contribution in [2.24, 2.45) is 0 Å². The summed E-state index contributed by atoms with van der Waals surface area (Å²) >= 11 is 5.80. The maximum absolute atomic E-state index is 13.3. The normalized spacial score (nSPS) is 11.3. The number of rotatable bonds is 3. The van der Waals surface area contributed by atoms with E-state index in [1.807, 2.05) is 0 Å². The maximum atomic E-state index is 13.3. The molecule has 0 unspecified atom stereocenters. The average Bonchev–Trinajstić information content (AvgIpc) is 2.55. The van der Waals surface area contributed by atoms with Crippen molar-refractivity contribution in [2.45, 2.75) is 6.18 Å². The van der Waals surface area contributed by atoms with Gasteiger partial charge in [0.15, 0.2) is 5.82 Å². The van der Waals surface area contributed by atoms with Crippen molar-refractivity contribution in [1.29, 1.82) is 0 Å². The van der Waals surface area contributed by atoms with Gasteiger partial charge in [0.1, 0.15) is 22.2 Å². The van der Waals surface area contributed by atoms with E-state index in [0.29, 0.717) is 11.4 Å². The van der Waals surface area contributed by atoms with Crippen LogP contribution in [0.4, 0.5) is 24.7 Å². The Morgan fingerprint density at radius 1 is 0.917 bits per heavy atom. The highest BCUT2D eigenvalue weighted by atomic mass is 35.5. The summed E-state index contributed by atoms with van der Waals surface area (Å²) in [6.45, 7) is 0. The molecule has 0 saturated heterocycles. The number of nitrogens with one attached hydrogen (secondary N) is 1. The van der Waals surface area contributed by atoms with Crippen LogP contribution in [0, 0.1) is 0 Å². The van der Waals surface area contributed by atoms with Crippen LogP contribution in [-0.2, 0) is 6.18 Å². The molecular formula is C16H10ClF3N4. The quantitative estimate of drug-likeness (QED) is 0.679. The second-order valence-corrected chi connectivity index (χ2v) is 5.12. The third kappa shape index (κ3) is 3.46. The molecule has 0 spiro atoms. The van der Waals surface area contributed by atoms with Gasteiger partial charge in [-0.1, -0.05) is 35.9 Å². The van der Waals surface area contributed by atoms with Crippen molar-refractivity contribution >= 4 is 23.1 Å². The second-order valence-electron chi connectivity index (χ2n) is 4.77. The van der Waals surface area contributed by atoms with Crippen LogP contribution in [0.1, 0.15) is 5.56 Å². The van der Waals surface area contributed by atoms with Crippen LogP contribution >= 0.6 is 11.6 Å². The average molecular weight is 351 g/mol. The van der Waals surface area contributed by atoms with Crippen LogP contribution in [0.3, 0.4) is 0 Å². The summed E-state index contributed by atoms with van der Waals surface area (Å²) < 4.78 is 40.0. The molecule has 1 N–H and O–H groups in total. The second kappa shape index (κ2) is 6.45. The smallest absolute Gasteiger partial charge is 0.340 e. The monoisotopic (exact) mass is 350 g/mol. The van der Waals surface area contributed by atoms with Crippen molar-refractivity contribution in [3.8, 4) is 11.5 Å². The minimum atomic E-state index is -4.70. The standard InChI is InChI=1S/C16H10ClF3N4/c17-13-12(16(18,19)20)15(22-10-6-2-1-3-7-10)24-14(23-13)11-8-4-5-9-21-11/h1-9H,(H,22,23,24). The van der Waals surface area contributed by atoms with Gasteiger partial charge in [0.05, 0.1) is 0 Å². The summed E-state index contributed by atoms with van der Waals surface area (Å²) in [5.74, 6) is -0.415. The van der Waals surface area contributed by atoms with E-state index in [0.717, 1.165) is 0 Å². The molecule has 0 amide bonds. The lowest BCUT2D eigenvalue weighted by atomic mass is 10.2. The van der Waals surface area contributed by atoms with Gasteiger partial charge in [-0.25, -0.2) is 9.97 Å². The molecule has 2 heterocycles. The first kappa shape index (κ1) is 16.2. The van der Waals surface area contributed by atoms with E-state index < -0.39 is 22.7 Å². The molecular weight excluding hydrogens is 341 g/mol. The van der Waals surface area contributed by atoms with Crippen LogP contribution in [0.25, 0.3) is 11.5 Å². The van der Waals surface area contributed by atoms with Crippen LogP contribution in [-0.4, -0.2) is 15.0 Å². The predicted molar refractivity (Wildman–Crippen MR) is 85.0 cm³/mol. The first-order valence-electron chi connectivity index (χ1n) is 6.83. The molecule has 24 heavy (non-hydrogen) atoms. The van der Waals surface area contributed by atoms with E-state index in [1.54, 1.807) is 48.5 Å². The van der Waals surface area contributed by atoms with Gasteiger partial charge in [0, 0.05) is 11.9 Å². The van der Waals surface area contributed by atoms with Gasteiger partial charge < -0.3 is 5.32 Å². The fourth-order valence-electron chi connectivity index (χ4n) is 2.04. The van der Waals surface area contributed by atoms with E-state index in [2.05, 4.69) is 20.3 Å². The van der Waals surface area contributed by atoms with Gasteiger partial charge >= 0.3 is 6.18 Å². The molecule has 0 aliphatic carbocycles. The highest BCUT2D eigenvalue weighted by molar-refractivity contribution is 6.30. The molecule has 0 fully saturated rings. The Hall–Kier alpha value is -2.67. The summed E-state index contributed by atoms with van der Waals surface area (Å²) in [5.41, 5.74) is -0.346. The summed E-state index contributed by atoms with van der Waals surface area (Å²) in [6, 6.07) is 13.3. The first-order valence-corrected chi connectivity index (χ1v) is 7.21. The predicted octanol–water partition coefficient (Wildman–Crippen LogP) is 4.95. The first-order chi connectivity index (χ1) is 11.4. The largest absolute Gasteiger partial charge is 0.422 e. The Labute approximate surface area is 140 Å². The van der Waals surface area contributed by atoms with Crippen LogP contribution in [0.2, 0.25) is 5.15 Å². The van der Waals surface area contributed by atoms with E-state index in [1.165, 1.54) is 6.20 Å². The fraction of sp³-hybridized carbons (Fsp3) is 0.0625. The van der Waals surface area contributed by atoms with Crippen molar-refractivity contribution in [3.63, 3.8) is 0 Å². The van der Waals surface area contributed by atoms with E-state index >= 15 is 0 Å². The number of para-hydroxylation sites is 1. The number of nitrogens with zero attached hydrogens (tertiary/aromatic N) is 3. The van der Waals surface area contributed by atoms with Crippen LogP contribution < -0.4 is 5.32 Å². The summed E-state index contributed by atoms with van der Waals surface area (Å²) in [7, 11) is 0. The van der Waals surface area contributed by atoms with Crippen molar-refractivity contribution in [3.05, 3.63) is 65.4 Å². The zero-order valence-electron chi connectivity index (χ0n) is 12.0. The lowest BCUT2D eigenvalue weighted by Gasteiger charge is -2.15. The van der Waals surface area contributed by atoms with E-state index in [-0.39, 0.29) is 5.82 Å². The molecule has 2 aromatic heterocycles. The third-order valence-corrected chi connectivity index (χ3v) is 3.35. The lowest BCUT2D eigenvalue weighted by Crippen LogP contribution is -2.13. The number of hydrogen-bond acceptors (Lipinski definition) is 4. The number of anilines is 2. The summed E-state index contributed by atoms with van der Waals surface area (Å²) in [4.78, 5) is 11.8. The molecule has 3 rings (SSSR count). The van der Waals surface area contributed by atoms with Gasteiger partial charge in [0.25, 0.3) is 0 Å². The molecule has 0 atom stereocenters. The maximum Gasteiger partial charge on any atom is 0.422 e. The number of halogens is 4. The van der Waals surface area contributed by atoms with Crippen LogP contribution in [0.15, 0.2) is 54.7 Å². The molecule has 122 valence electrons. The Bertz CT molecular complexity index is 839. The molecule has 0 bridgehead atoms. The molecule has 4 nitrogen and oxygen atoms in total. The zero-order valence-corrected chi connectivity index (χ0v) is 12.8. The molecule has 0 radical (unpaired) electrons. The van der Waals surface area contributed by atoms with Crippen molar-refractivity contribution in [1.82, 2.24) is 15.0 Å². The topological polar surface area (TPSA) is 50.7 Å². The fourth-order valence-corrected chi connectivity index (χ4v) is 2.32. The summed E-state index contributed by atoms with van der Waals surface area (Å²) in [5, 5.41) is 1.96. The highest BCUT2D eigenvalue weighted by Crippen LogP contribution is 2.39. The number of benzene rings is 1. The van der Waals surface area contributed by atoms with Gasteiger partial charge in [0.2, 0.25) is 0 Å². The van der Waals surface area contributed by atoms with Crippen LogP contribution in [0.5, 0.6) is 0 Å². The lowest BCUT2D eigenvalue weighted by molar-refractivity contribution is -0.137. The molecule has 1 aromatic carbocycles. The molecule has 8 heteroatoms. The molecule has 3 aromatic rings. The Balaban J connectivity index is 2.14. The zero-order chi connectivity index (χ0) is 17.2. The van der Waals surface area contributed by atoms with Gasteiger partial charge in [-0.3, -0.25) is 4.98 Å². The number of hydrogen-bond donors (Lipinski definition) is 1. The number of pyridine rings is 1. The Kier molecular flexibility index (Phi) is 4.35. The Morgan fingerprint density at radius 3 is 2.25 bits per heavy atom. The highest BCUT2D eigenvalue weighted by Gasteiger charge is 2.38. The molecule has 0 aliphatic heterocycles. The van der Waals surface area contributed by atoms with Crippen molar-refractivity contribution < 1.29 is 13.2 Å². The minimum absolute atomic E-state index is 0.00651. The van der Waals surface area contributed by atoms with E-state index in [9.17, 15) is 13.2 Å². The number of aromatic nitrogens is 3. The van der Waals surface area contributed by atoms with Gasteiger partial charge in [-0.05, 0) is 24.3 Å².